The van der Waals surface area contributed by atoms with E-state index in [-0.39, 0.29) is 0 Å². The molecule has 4 heteroatoms. The van der Waals surface area contributed by atoms with Gasteiger partial charge in [-0.1, -0.05) is 0 Å². The van der Waals surface area contributed by atoms with Gasteiger partial charge in [-0.05, 0) is 40.0 Å². The third kappa shape index (κ3) is 2.48. The molecule has 0 saturated carbocycles. The Bertz CT molecular complexity index is 495. The molecule has 18 heavy (non-hydrogen) atoms. The van der Waals surface area contributed by atoms with Crippen molar-refractivity contribution in [2.75, 3.05) is 7.05 Å². The predicted molar refractivity (Wildman–Crippen MR) is 73.6 cm³/mol. The monoisotopic (exact) mass is 246 g/mol. The standard InChI is InChI=1S/C14H22N4/c1-11(2)18-10-16-8-13(18)9-17-7-5-6-14(17)12(3)15-4/h5-8,10-12,15H,9H2,1-4H3. The van der Waals surface area contributed by atoms with E-state index >= 15 is 0 Å². The molecule has 0 aliphatic carbocycles. The van der Waals surface area contributed by atoms with Gasteiger partial charge in [0.25, 0.3) is 0 Å². The van der Waals surface area contributed by atoms with E-state index in [4.69, 9.17) is 0 Å². The molecular formula is C14H22N4. The third-order valence-electron chi connectivity index (χ3n) is 3.38. The molecule has 0 saturated heterocycles. The van der Waals surface area contributed by atoms with Crippen molar-refractivity contribution in [3.05, 3.63) is 42.2 Å². The molecule has 98 valence electrons. The Morgan fingerprint density at radius 2 is 2.11 bits per heavy atom. The highest BCUT2D eigenvalue weighted by molar-refractivity contribution is 5.14. The van der Waals surface area contributed by atoms with Gasteiger partial charge in [0.05, 0.1) is 18.6 Å². The molecule has 0 bridgehead atoms. The first kappa shape index (κ1) is 12.9. The van der Waals surface area contributed by atoms with Gasteiger partial charge in [0.2, 0.25) is 0 Å². The number of aromatic nitrogens is 3. The van der Waals surface area contributed by atoms with E-state index in [0.29, 0.717) is 12.1 Å². The summed E-state index contributed by atoms with van der Waals surface area (Å²) in [6.07, 6.45) is 5.99. The highest BCUT2D eigenvalue weighted by Gasteiger charge is 2.11. The van der Waals surface area contributed by atoms with Gasteiger partial charge < -0.3 is 14.5 Å². The minimum absolute atomic E-state index is 0.357. The van der Waals surface area contributed by atoms with Gasteiger partial charge in [0.15, 0.2) is 0 Å². The lowest BCUT2D eigenvalue weighted by molar-refractivity contribution is 0.542. The van der Waals surface area contributed by atoms with Crippen LogP contribution in [0.4, 0.5) is 0 Å². The van der Waals surface area contributed by atoms with Gasteiger partial charge in [-0.2, -0.15) is 0 Å². The maximum absolute atomic E-state index is 4.25. The molecule has 1 N–H and O–H groups in total. The zero-order valence-electron chi connectivity index (χ0n) is 11.6. The average Bonchev–Trinajstić information content (AvgIpc) is 2.97. The highest BCUT2D eigenvalue weighted by atomic mass is 15.1. The second-order valence-electron chi connectivity index (χ2n) is 4.96. The maximum Gasteiger partial charge on any atom is 0.0951 e. The van der Waals surface area contributed by atoms with Crippen LogP contribution in [-0.4, -0.2) is 21.2 Å². The molecule has 2 aromatic heterocycles. The Balaban J connectivity index is 2.24. The van der Waals surface area contributed by atoms with E-state index < -0.39 is 0 Å². The first-order chi connectivity index (χ1) is 8.63. The molecule has 2 aromatic rings. The van der Waals surface area contributed by atoms with E-state index in [2.05, 4.69) is 58.5 Å². The van der Waals surface area contributed by atoms with Crippen molar-refractivity contribution in [3.8, 4) is 0 Å². The van der Waals surface area contributed by atoms with Gasteiger partial charge in [0.1, 0.15) is 0 Å². The SMILES string of the molecule is CNC(C)c1cccn1Cc1cncn1C(C)C. The van der Waals surface area contributed by atoms with E-state index in [1.54, 1.807) is 0 Å². The van der Waals surface area contributed by atoms with Gasteiger partial charge in [0, 0.05) is 30.2 Å². The molecule has 2 heterocycles. The molecule has 2 rings (SSSR count). The van der Waals surface area contributed by atoms with Gasteiger partial charge in [-0.3, -0.25) is 0 Å². The van der Waals surface area contributed by atoms with Crippen LogP contribution < -0.4 is 5.32 Å². The summed E-state index contributed by atoms with van der Waals surface area (Å²) in [5.41, 5.74) is 2.54. The Hall–Kier alpha value is -1.55. The number of imidazole rings is 1. The van der Waals surface area contributed by atoms with Crippen LogP contribution in [0.5, 0.6) is 0 Å². The number of hydrogen-bond acceptors (Lipinski definition) is 2. The Labute approximate surface area is 109 Å². The third-order valence-corrected chi connectivity index (χ3v) is 3.38. The highest BCUT2D eigenvalue weighted by Crippen LogP contribution is 2.16. The predicted octanol–water partition coefficient (Wildman–Crippen LogP) is 2.59. The fourth-order valence-corrected chi connectivity index (χ4v) is 2.21. The van der Waals surface area contributed by atoms with Crippen LogP contribution in [0.2, 0.25) is 0 Å². The van der Waals surface area contributed by atoms with Crippen LogP contribution in [0.1, 0.15) is 44.2 Å². The van der Waals surface area contributed by atoms with Crippen molar-refractivity contribution < 1.29 is 0 Å². The van der Waals surface area contributed by atoms with Crippen LogP contribution in [-0.2, 0) is 6.54 Å². The molecule has 0 aliphatic rings. The first-order valence-corrected chi connectivity index (χ1v) is 6.46. The van der Waals surface area contributed by atoms with E-state index in [9.17, 15) is 0 Å². The van der Waals surface area contributed by atoms with Crippen molar-refractivity contribution >= 4 is 0 Å². The summed E-state index contributed by atoms with van der Waals surface area (Å²) in [6.45, 7) is 7.40. The van der Waals surface area contributed by atoms with Gasteiger partial charge in [-0.25, -0.2) is 4.98 Å². The second kappa shape index (κ2) is 5.40. The van der Waals surface area contributed by atoms with Crippen LogP contribution in [0.15, 0.2) is 30.9 Å². The van der Waals surface area contributed by atoms with Crippen LogP contribution in [0.25, 0.3) is 0 Å². The smallest absolute Gasteiger partial charge is 0.0951 e. The summed E-state index contributed by atoms with van der Waals surface area (Å²) in [7, 11) is 1.99. The fourth-order valence-electron chi connectivity index (χ4n) is 2.21. The number of rotatable bonds is 5. The van der Waals surface area contributed by atoms with Crippen molar-refractivity contribution in [3.63, 3.8) is 0 Å². The topological polar surface area (TPSA) is 34.8 Å². The summed E-state index contributed by atoms with van der Waals surface area (Å²) >= 11 is 0. The largest absolute Gasteiger partial charge is 0.344 e. The molecule has 1 atom stereocenters. The minimum Gasteiger partial charge on any atom is -0.344 e. The Morgan fingerprint density at radius 1 is 1.33 bits per heavy atom. The van der Waals surface area contributed by atoms with E-state index in [1.165, 1.54) is 11.4 Å². The molecule has 0 spiro atoms. The fraction of sp³-hybridized carbons (Fsp3) is 0.500. The first-order valence-electron chi connectivity index (χ1n) is 6.46. The van der Waals surface area contributed by atoms with Gasteiger partial charge in [-0.15, -0.1) is 0 Å². The van der Waals surface area contributed by atoms with Crippen LogP contribution in [0, 0.1) is 0 Å². The molecule has 0 fully saturated rings. The number of nitrogens with one attached hydrogen (secondary N) is 1. The molecular weight excluding hydrogens is 224 g/mol. The molecule has 0 amide bonds. The summed E-state index contributed by atoms with van der Waals surface area (Å²) in [5, 5.41) is 3.28. The summed E-state index contributed by atoms with van der Waals surface area (Å²) < 4.78 is 4.49. The molecule has 4 nitrogen and oxygen atoms in total. The number of hydrogen-bond donors (Lipinski definition) is 1. The zero-order valence-corrected chi connectivity index (χ0v) is 11.6. The lowest BCUT2D eigenvalue weighted by atomic mass is 10.2. The Kier molecular flexibility index (Phi) is 3.87. The Morgan fingerprint density at radius 3 is 2.78 bits per heavy atom. The molecule has 0 radical (unpaired) electrons. The maximum atomic E-state index is 4.25. The normalized spacial score (nSPS) is 13.2. The van der Waals surface area contributed by atoms with Crippen molar-refractivity contribution in [1.29, 1.82) is 0 Å². The van der Waals surface area contributed by atoms with Gasteiger partial charge >= 0.3 is 0 Å². The lowest BCUT2D eigenvalue weighted by Gasteiger charge is -2.17. The lowest BCUT2D eigenvalue weighted by Crippen LogP contribution is -2.18. The van der Waals surface area contributed by atoms with E-state index in [0.717, 1.165) is 6.54 Å². The molecule has 1 unspecified atom stereocenters. The van der Waals surface area contributed by atoms with Crippen molar-refractivity contribution in [1.82, 2.24) is 19.4 Å². The second-order valence-corrected chi connectivity index (χ2v) is 4.96. The zero-order chi connectivity index (χ0) is 13.1. The van der Waals surface area contributed by atoms with Crippen molar-refractivity contribution in [2.24, 2.45) is 0 Å². The summed E-state index contributed by atoms with van der Waals surface area (Å²) in [4.78, 5) is 4.25. The molecule has 0 aliphatic heterocycles. The quantitative estimate of drug-likeness (QED) is 0.880. The number of nitrogens with zero attached hydrogens (tertiary/aromatic N) is 3. The van der Waals surface area contributed by atoms with Crippen LogP contribution in [0.3, 0.4) is 0 Å². The summed E-state index contributed by atoms with van der Waals surface area (Å²) in [5.74, 6) is 0. The summed E-state index contributed by atoms with van der Waals surface area (Å²) in [6, 6.07) is 5.06. The minimum atomic E-state index is 0.357. The molecule has 0 aromatic carbocycles. The van der Waals surface area contributed by atoms with E-state index in [1.807, 2.05) is 19.6 Å². The van der Waals surface area contributed by atoms with Crippen LogP contribution >= 0.6 is 0 Å². The van der Waals surface area contributed by atoms with Crippen molar-refractivity contribution in [2.45, 2.75) is 39.4 Å². The average molecular weight is 246 g/mol.